The Morgan fingerprint density at radius 1 is 0.396 bits per heavy atom. The van der Waals surface area contributed by atoms with Crippen LogP contribution in [-0.2, 0) is 5.41 Å². The first-order chi connectivity index (χ1) is 23.7. The number of nitrogens with zero attached hydrogens (tertiary/aromatic N) is 1. The maximum Gasteiger partial charge on any atom is 0.0465 e. The second-order valence-electron chi connectivity index (χ2n) is 14.0. The quantitative estimate of drug-likeness (QED) is 0.0868. The third kappa shape index (κ3) is 7.62. The molecule has 1 nitrogen and oxygen atoms in total. The van der Waals surface area contributed by atoms with Gasteiger partial charge in [-0.25, -0.2) is 0 Å². The van der Waals surface area contributed by atoms with Crippen molar-refractivity contribution in [2.75, 3.05) is 4.90 Å². The molecule has 1 aliphatic carbocycles. The van der Waals surface area contributed by atoms with Crippen LogP contribution in [0.4, 0.5) is 17.1 Å². The van der Waals surface area contributed by atoms with Crippen LogP contribution in [0.15, 0.2) is 127 Å². The lowest BCUT2D eigenvalue weighted by atomic mass is 9.70. The molecular formula is C47H55N. The Morgan fingerprint density at radius 2 is 0.875 bits per heavy atom. The molecule has 0 saturated heterocycles. The summed E-state index contributed by atoms with van der Waals surface area (Å²) in [6.45, 7) is 4.63. The van der Waals surface area contributed by atoms with Crippen LogP contribution >= 0.6 is 0 Å². The van der Waals surface area contributed by atoms with Gasteiger partial charge in [0.2, 0.25) is 0 Å². The molecule has 0 aliphatic heterocycles. The molecule has 5 aromatic rings. The summed E-state index contributed by atoms with van der Waals surface area (Å²) in [5.74, 6) is 0. The van der Waals surface area contributed by atoms with Crippen molar-refractivity contribution in [1.29, 1.82) is 0 Å². The SMILES string of the molecule is CCCCCCCCC1(CCCCCCCC)c2ccccc2-c2ccc(N(c3ccccc3)c3ccc(-c4ccccc4)cc3)cc21. The molecule has 248 valence electrons. The Kier molecular flexibility index (Phi) is 11.8. The molecule has 48 heavy (non-hydrogen) atoms. The van der Waals surface area contributed by atoms with E-state index in [-0.39, 0.29) is 5.41 Å². The van der Waals surface area contributed by atoms with E-state index < -0.39 is 0 Å². The summed E-state index contributed by atoms with van der Waals surface area (Å²) in [6, 6.07) is 47.5. The lowest BCUT2D eigenvalue weighted by Crippen LogP contribution is -2.26. The number of hydrogen-bond acceptors (Lipinski definition) is 1. The lowest BCUT2D eigenvalue weighted by Gasteiger charge is -2.34. The summed E-state index contributed by atoms with van der Waals surface area (Å²) < 4.78 is 0. The normalized spacial score (nSPS) is 12.9. The molecule has 5 aromatic carbocycles. The number of unbranched alkanes of at least 4 members (excludes halogenated alkanes) is 10. The molecule has 1 heteroatoms. The first kappa shape index (κ1) is 33.8. The summed E-state index contributed by atoms with van der Waals surface area (Å²) >= 11 is 0. The van der Waals surface area contributed by atoms with Crippen LogP contribution in [0.1, 0.15) is 115 Å². The monoisotopic (exact) mass is 633 g/mol. The highest BCUT2D eigenvalue weighted by Crippen LogP contribution is 2.55. The standard InChI is InChI=1S/C47H55N/c1-3-5-7-9-11-21-35-47(36-22-12-10-8-6-4-2)45-28-20-19-27-43(45)44-34-33-42(37-46(44)47)48(40-25-17-14-18-26-40)41-31-29-39(30-32-41)38-23-15-13-16-24-38/h13-20,23-34,37H,3-12,21-22,35-36H2,1-2H3. The Morgan fingerprint density at radius 3 is 1.52 bits per heavy atom. The van der Waals surface area contributed by atoms with E-state index in [1.807, 2.05) is 0 Å². The van der Waals surface area contributed by atoms with Crippen molar-refractivity contribution in [2.45, 2.75) is 109 Å². The van der Waals surface area contributed by atoms with Crippen LogP contribution in [-0.4, -0.2) is 0 Å². The van der Waals surface area contributed by atoms with Crippen molar-refractivity contribution in [3.8, 4) is 22.3 Å². The molecule has 0 aromatic heterocycles. The molecule has 0 amide bonds. The Hall–Kier alpha value is -4.10. The molecule has 6 rings (SSSR count). The van der Waals surface area contributed by atoms with Crippen molar-refractivity contribution in [3.63, 3.8) is 0 Å². The number of benzene rings is 5. The zero-order valence-corrected chi connectivity index (χ0v) is 29.5. The van der Waals surface area contributed by atoms with Crippen LogP contribution in [0, 0.1) is 0 Å². The largest absolute Gasteiger partial charge is 0.310 e. The van der Waals surface area contributed by atoms with Gasteiger partial charge in [-0.3, -0.25) is 0 Å². The Labute approximate surface area is 291 Å². The van der Waals surface area contributed by atoms with Gasteiger partial charge in [0.05, 0.1) is 0 Å². The van der Waals surface area contributed by atoms with E-state index in [0.717, 1.165) is 0 Å². The molecule has 1 aliphatic rings. The molecule has 0 saturated carbocycles. The number of fused-ring (bicyclic) bond motifs is 3. The molecule has 0 unspecified atom stereocenters. The third-order valence-corrected chi connectivity index (χ3v) is 10.7. The molecule has 0 heterocycles. The van der Waals surface area contributed by atoms with Gasteiger partial charge in [0, 0.05) is 22.5 Å². The molecule has 0 atom stereocenters. The maximum absolute atomic E-state index is 2.57. The summed E-state index contributed by atoms with van der Waals surface area (Å²) in [6.07, 6.45) is 18.5. The Bertz CT molecular complexity index is 1670. The summed E-state index contributed by atoms with van der Waals surface area (Å²) in [5.41, 5.74) is 12.2. The highest BCUT2D eigenvalue weighted by atomic mass is 15.1. The van der Waals surface area contributed by atoms with Gasteiger partial charge < -0.3 is 4.90 Å². The topological polar surface area (TPSA) is 3.24 Å². The van der Waals surface area contributed by atoms with E-state index in [2.05, 4.69) is 146 Å². The minimum Gasteiger partial charge on any atom is -0.310 e. The van der Waals surface area contributed by atoms with Crippen LogP contribution in [0.25, 0.3) is 22.3 Å². The van der Waals surface area contributed by atoms with Crippen LogP contribution in [0.2, 0.25) is 0 Å². The van der Waals surface area contributed by atoms with Crippen molar-refractivity contribution in [1.82, 2.24) is 0 Å². The van der Waals surface area contributed by atoms with Crippen molar-refractivity contribution in [2.24, 2.45) is 0 Å². The third-order valence-electron chi connectivity index (χ3n) is 10.7. The average Bonchev–Trinajstić information content (AvgIpc) is 3.41. The van der Waals surface area contributed by atoms with Gasteiger partial charge in [-0.15, -0.1) is 0 Å². The van der Waals surface area contributed by atoms with E-state index >= 15 is 0 Å². The van der Waals surface area contributed by atoms with Gasteiger partial charge >= 0.3 is 0 Å². The maximum atomic E-state index is 2.57. The van der Waals surface area contributed by atoms with Gasteiger partial charge in [0.25, 0.3) is 0 Å². The van der Waals surface area contributed by atoms with Gasteiger partial charge in [0.15, 0.2) is 0 Å². The number of rotatable bonds is 18. The number of para-hydroxylation sites is 1. The predicted octanol–water partition coefficient (Wildman–Crippen LogP) is 14.6. The fourth-order valence-corrected chi connectivity index (χ4v) is 8.12. The highest BCUT2D eigenvalue weighted by Gasteiger charge is 2.42. The van der Waals surface area contributed by atoms with Gasteiger partial charge in [0.1, 0.15) is 0 Å². The predicted molar refractivity (Wildman–Crippen MR) is 209 cm³/mol. The van der Waals surface area contributed by atoms with Crippen molar-refractivity contribution < 1.29 is 0 Å². The molecule has 0 N–H and O–H groups in total. The molecule has 0 bridgehead atoms. The van der Waals surface area contributed by atoms with E-state index in [4.69, 9.17) is 0 Å². The van der Waals surface area contributed by atoms with Crippen LogP contribution in [0.5, 0.6) is 0 Å². The lowest BCUT2D eigenvalue weighted by molar-refractivity contribution is 0.398. The minimum absolute atomic E-state index is 0.0664. The first-order valence-corrected chi connectivity index (χ1v) is 19.0. The molecule has 0 radical (unpaired) electrons. The second kappa shape index (κ2) is 16.8. The van der Waals surface area contributed by atoms with Crippen molar-refractivity contribution in [3.05, 3.63) is 139 Å². The van der Waals surface area contributed by atoms with Gasteiger partial charge in [-0.2, -0.15) is 0 Å². The fourth-order valence-electron chi connectivity index (χ4n) is 8.12. The second-order valence-corrected chi connectivity index (χ2v) is 14.0. The average molecular weight is 634 g/mol. The molecular weight excluding hydrogens is 579 g/mol. The zero-order valence-electron chi connectivity index (χ0n) is 29.5. The van der Waals surface area contributed by atoms with Gasteiger partial charge in [-0.1, -0.05) is 182 Å². The number of hydrogen-bond donors (Lipinski definition) is 0. The number of anilines is 3. The van der Waals surface area contributed by atoms with E-state index in [9.17, 15) is 0 Å². The molecule has 0 fully saturated rings. The smallest absolute Gasteiger partial charge is 0.0465 e. The van der Waals surface area contributed by atoms with E-state index in [1.165, 1.54) is 129 Å². The van der Waals surface area contributed by atoms with Crippen molar-refractivity contribution >= 4 is 17.1 Å². The van der Waals surface area contributed by atoms with Crippen LogP contribution in [0.3, 0.4) is 0 Å². The molecule has 0 spiro atoms. The highest BCUT2D eigenvalue weighted by molar-refractivity contribution is 5.86. The first-order valence-electron chi connectivity index (χ1n) is 19.0. The fraction of sp³-hybridized carbons (Fsp3) is 0.362. The van der Waals surface area contributed by atoms with E-state index in [0.29, 0.717) is 0 Å². The summed E-state index contributed by atoms with van der Waals surface area (Å²) in [4.78, 5) is 2.46. The Balaban J connectivity index is 1.39. The summed E-state index contributed by atoms with van der Waals surface area (Å²) in [7, 11) is 0. The van der Waals surface area contributed by atoms with Crippen LogP contribution < -0.4 is 4.90 Å². The zero-order chi connectivity index (χ0) is 33.0. The summed E-state index contributed by atoms with van der Waals surface area (Å²) in [5, 5.41) is 0. The van der Waals surface area contributed by atoms with E-state index in [1.54, 1.807) is 11.1 Å². The minimum atomic E-state index is 0.0664. The van der Waals surface area contributed by atoms with Gasteiger partial charge in [-0.05, 0) is 82.6 Å².